The first-order valence-corrected chi connectivity index (χ1v) is 5.95. The predicted molar refractivity (Wildman–Crippen MR) is 64.4 cm³/mol. The van der Waals surface area contributed by atoms with Gasteiger partial charge in [0.05, 0.1) is 5.92 Å². The molecule has 0 bridgehead atoms. The molecule has 0 aliphatic carbocycles. The molecule has 0 aromatic rings. The lowest BCUT2D eigenvalue weighted by Gasteiger charge is -2.10. The molecule has 0 saturated heterocycles. The number of aliphatic carboxylic acids is 1. The van der Waals surface area contributed by atoms with Crippen molar-refractivity contribution < 1.29 is 9.90 Å². The molecule has 92 valence electrons. The lowest BCUT2D eigenvalue weighted by Crippen LogP contribution is -2.13. The lowest BCUT2D eigenvalue weighted by molar-refractivity contribution is -0.142. The Morgan fingerprint density at radius 3 is 2.07 bits per heavy atom. The largest absolute Gasteiger partial charge is 0.481 e. The Labute approximate surface area is 93.8 Å². The van der Waals surface area contributed by atoms with Gasteiger partial charge in [0.15, 0.2) is 0 Å². The second kappa shape index (κ2) is 11.5. The maximum atomic E-state index is 10.8. The van der Waals surface area contributed by atoms with Crippen molar-refractivity contribution in [3.8, 4) is 0 Å². The molecule has 1 unspecified atom stereocenters. The van der Waals surface area contributed by atoms with Gasteiger partial charge in [-0.1, -0.05) is 52.4 Å². The summed E-state index contributed by atoms with van der Waals surface area (Å²) in [6.45, 7) is 4.24. The first-order chi connectivity index (χ1) is 6.72. The molecule has 0 aliphatic rings. The molecule has 1 atom stereocenters. The van der Waals surface area contributed by atoms with Gasteiger partial charge in [-0.15, -0.1) is 0 Å². The van der Waals surface area contributed by atoms with E-state index in [2.05, 4.69) is 6.92 Å². The van der Waals surface area contributed by atoms with E-state index in [0.29, 0.717) is 0 Å². The van der Waals surface area contributed by atoms with E-state index in [1.54, 1.807) is 0 Å². The molecule has 3 heteroatoms. The van der Waals surface area contributed by atoms with E-state index in [4.69, 9.17) is 5.11 Å². The molecule has 0 aliphatic heterocycles. The lowest BCUT2D eigenvalue weighted by atomic mass is 9.96. The van der Waals surface area contributed by atoms with E-state index in [9.17, 15) is 4.79 Å². The summed E-state index contributed by atoms with van der Waals surface area (Å²) < 4.78 is 0. The highest BCUT2D eigenvalue weighted by Gasteiger charge is 2.14. The standard InChI is InChI=1S/C12H24O2.H3N/c1-3-5-6-7-8-10-11(9-4-2)12(13)14;/h11H,3-10H2,1-2H3,(H,13,14);1H3. The highest BCUT2D eigenvalue weighted by atomic mass is 16.4. The molecule has 0 saturated carbocycles. The first kappa shape index (κ1) is 16.8. The summed E-state index contributed by atoms with van der Waals surface area (Å²) in [7, 11) is 0. The number of hydrogen-bond acceptors (Lipinski definition) is 2. The van der Waals surface area contributed by atoms with Crippen LogP contribution in [0.4, 0.5) is 0 Å². The Balaban J connectivity index is 0. The average Bonchev–Trinajstić information content (AvgIpc) is 2.15. The molecule has 0 amide bonds. The smallest absolute Gasteiger partial charge is 0.306 e. The second-order valence-corrected chi connectivity index (χ2v) is 4.03. The van der Waals surface area contributed by atoms with Crippen molar-refractivity contribution in [3.63, 3.8) is 0 Å². The Hall–Kier alpha value is -0.570. The van der Waals surface area contributed by atoms with Gasteiger partial charge in [0.1, 0.15) is 0 Å². The molecule has 0 spiro atoms. The minimum Gasteiger partial charge on any atom is -0.481 e. The third kappa shape index (κ3) is 9.73. The summed E-state index contributed by atoms with van der Waals surface area (Å²) in [5.41, 5.74) is 0. The normalized spacial score (nSPS) is 11.9. The van der Waals surface area contributed by atoms with Gasteiger partial charge in [-0.25, -0.2) is 0 Å². The van der Waals surface area contributed by atoms with Crippen LogP contribution in [0.15, 0.2) is 0 Å². The fraction of sp³-hybridized carbons (Fsp3) is 0.917. The van der Waals surface area contributed by atoms with Crippen LogP contribution in [0.3, 0.4) is 0 Å². The van der Waals surface area contributed by atoms with Crippen molar-refractivity contribution in [2.75, 3.05) is 0 Å². The van der Waals surface area contributed by atoms with Crippen LogP contribution in [-0.4, -0.2) is 11.1 Å². The van der Waals surface area contributed by atoms with E-state index < -0.39 is 5.97 Å². The Bertz CT molecular complexity index is 149. The minimum atomic E-state index is -0.609. The fourth-order valence-electron chi connectivity index (χ4n) is 1.73. The zero-order valence-electron chi connectivity index (χ0n) is 10.3. The van der Waals surface area contributed by atoms with E-state index in [0.717, 1.165) is 25.7 Å². The van der Waals surface area contributed by atoms with Crippen LogP contribution in [0, 0.1) is 5.92 Å². The molecule has 0 fully saturated rings. The third-order valence-corrected chi connectivity index (χ3v) is 2.64. The van der Waals surface area contributed by atoms with Crippen LogP contribution in [-0.2, 0) is 4.79 Å². The molecule has 4 N–H and O–H groups in total. The summed E-state index contributed by atoms with van der Waals surface area (Å²) in [4.78, 5) is 10.8. The van der Waals surface area contributed by atoms with Crippen molar-refractivity contribution in [2.45, 2.75) is 65.2 Å². The van der Waals surface area contributed by atoms with Crippen LogP contribution >= 0.6 is 0 Å². The van der Waals surface area contributed by atoms with E-state index in [1.165, 1.54) is 25.7 Å². The van der Waals surface area contributed by atoms with Crippen molar-refractivity contribution in [3.05, 3.63) is 0 Å². The van der Waals surface area contributed by atoms with Crippen LogP contribution in [0.5, 0.6) is 0 Å². The zero-order valence-corrected chi connectivity index (χ0v) is 10.3. The molecule has 0 heterocycles. The maximum Gasteiger partial charge on any atom is 0.306 e. The number of hydrogen-bond donors (Lipinski definition) is 2. The Morgan fingerprint density at radius 1 is 1.00 bits per heavy atom. The van der Waals surface area contributed by atoms with Crippen LogP contribution in [0.2, 0.25) is 0 Å². The van der Waals surface area contributed by atoms with Gasteiger partial charge < -0.3 is 11.3 Å². The Kier molecular flexibility index (Phi) is 12.9. The number of carbonyl (C=O) groups is 1. The van der Waals surface area contributed by atoms with Crippen molar-refractivity contribution >= 4 is 5.97 Å². The van der Waals surface area contributed by atoms with Gasteiger partial charge in [0.2, 0.25) is 0 Å². The monoisotopic (exact) mass is 217 g/mol. The Morgan fingerprint density at radius 2 is 1.60 bits per heavy atom. The van der Waals surface area contributed by atoms with Gasteiger partial charge in [-0.3, -0.25) is 4.79 Å². The number of carboxylic acid groups (broad SMARTS) is 1. The highest BCUT2D eigenvalue weighted by Crippen LogP contribution is 2.16. The van der Waals surface area contributed by atoms with E-state index in [-0.39, 0.29) is 12.1 Å². The maximum absolute atomic E-state index is 10.8. The molecule has 0 aromatic heterocycles. The summed E-state index contributed by atoms with van der Waals surface area (Å²) in [6, 6.07) is 0. The zero-order chi connectivity index (χ0) is 10.8. The molecular weight excluding hydrogens is 190 g/mol. The minimum absolute atomic E-state index is 0. The fourth-order valence-corrected chi connectivity index (χ4v) is 1.73. The number of unbranched alkanes of at least 4 members (excludes halogenated alkanes) is 4. The predicted octanol–water partition coefficient (Wildman–Crippen LogP) is 4.01. The molecule has 3 nitrogen and oxygen atoms in total. The van der Waals surface area contributed by atoms with Gasteiger partial charge in [0, 0.05) is 0 Å². The van der Waals surface area contributed by atoms with Crippen molar-refractivity contribution in [2.24, 2.45) is 5.92 Å². The van der Waals surface area contributed by atoms with Crippen LogP contribution < -0.4 is 6.15 Å². The van der Waals surface area contributed by atoms with Gasteiger partial charge in [0.25, 0.3) is 0 Å². The topological polar surface area (TPSA) is 72.3 Å². The molecule has 15 heavy (non-hydrogen) atoms. The summed E-state index contributed by atoms with van der Waals surface area (Å²) in [5, 5.41) is 8.91. The van der Waals surface area contributed by atoms with Crippen LogP contribution in [0.1, 0.15) is 65.2 Å². The van der Waals surface area contributed by atoms with Gasteiger partial charge in [-0.05, 0) is 12.8 Å². The number of rotatable bonds is 9. The highest BCUT2D eigenvalue weighted by molar-refractivity contribution is 5.69. The molecular formula is C12H27NO2. The van der Waals surface area contributed by atoms with E-state index >= 15 is 0 Å². The van der Waals surface area contributed by atoms with Crippen LogP contribution in [0.25, 0.3) is 0 Å². The summed E-state index contributed by atoms with van der Waals surface area (Å²) in [6.07, 6.45) is 8.75. The summed E-state index contributed by atoms with van der Waals surface area (Å²) >= 11 is 0. The van der Waals surface area contributed by atoms with Gasteiger partial charge >= 0.3 is 5.97 Å². The first-order valence-electron chi connectivity index (χ1n) is 5.95. The number of carboxylic acids is 1. The molecule has 0 aromatic carbocycles. The van der Waals surface area contributed by atoms with Gasteiger partial charge in [-0.2, -0.15) is 0 Å². The SMILES string of the molecule is CCCCCCCC(CCC)C(=O)O.N. The quantitative estimate of drug-likeness (QED) is 0.573. The van der Waals surface area contributed by atoms with Crippen molar-refractivity contribution in [1.82, 2.24) is 6.15 Å². The summed E-state index contributed by atoms with van der Waals surface area (Å²) in [5.74, 6) is -0.705. The molecule has 0 radical (unpaired) electrons. The molecule has 0 rings (SSSR count). The third-order valence-electron chi connectivity index (χ3n) is 2.64. The average molecular weight is 217 g/mol. The van der Waals surface area contributed by atoms with Crippen molar-refractivity contribution in [1.29, 1.82) is 0 Å². The second-order valence-electron chi connectivity index (χ2n) is 4.03. The van der Waals surface area contributed by atoms with E-state index in [1.807, 2.05) is 6.92 Å².